The molecule has 2 fully saturated rings. The van der Waals surface area contributed by atoms with Crippen molar-refractivity contribution in [2.24, 2.45) is 0 Å². The molecule has 2 bridgehead atoms. The summed E-state index contributed by atoms with van der Waals surface area (Å²) in [7, 11) is 0. The van der Waals surface area contributed by atoms with E-state index < -0.39 is 0 Å². The second kappa shape index (κ2) is 2.78. The SMILES string of the molecule is C1=CC2(C3OCCO3)CNCC1O2. The van der Waals surface area contributed by atoms with Gasteiger partial charge in [-0.05, 0) is 6.08 Å². The minimum atomic E-state index is -0.362. The molecule has 0 aromatic carbocycles. The zero-order chi connectivity index (χ0) is 8.73. The molecule has 3 rings (SSSR count). The molecule has 0 saturated carbocycles. The molecular weight excluding hydrogens is 170 g/mol. The predicted molar refractivity (Wildman–Crippen MR) is 45.3 cm³/mol. The number of hydrogen-bond acceptors (Lipinski definition) is 4. The number of rotatable bonds is 1. The van der Waals surface area contributed by atoms with E-state index in [0.717, 1.165) is 13.1 Å². The zero-order valence-electron chi connectivity index (χ0n) is 7.36. The highest BCUT2D eigenvalue weighted by molar-refractivity contribution is 5.18. The molecule has 0 aliphatic carbocycles. The lowest BCUT2D eigenvalue weighted by Crippen LogP contribution is -2.55. The predicted octanol–water partition coefficient (Wildman–Crippen LogP) is -0.344. The molecule has 13 heavy (non-hydrogen) atoms. The highest BCUT2D eigenvalue weighted by Crippen LogP contribution is 2.33. The van der Waals surface area contributed by atoms with Crippen molar-refractivity contribution in [1.29, 1.82) is 0 Å². The van der Waals surface area contributed by atoms with Crippen LogP contribution < -0.4 is 5.32 Å². The zero-order valence-corrected chi connectivity index (χ0v) is 7.36. The standard InChI is InChI=1S/C9H13NO3/c1-2-9(8-11-3-4-12-8)6-10-5-7(1)13-9/h1-2,7-8,10H,3-6H2. The van der Waals surface area contributed by atoms with Crippen LogP contribution in [0.2, 0.25) is 0 Å². The van der Waals surface area contributed by atoms with E-state index in [4.69, 9.17) is 14.2 Å². The van der Waals surface area contributed by atoms with Crippen molar-refractivity contribution in [3.8, 4) is 0 Å². The third kappa shape index (κ3) is 1.14. The summed E-state index contributed by atoms with van der Waals surface area (Å²) in [5.74, 6) is 0. The van der Waals surface area contributed by atoms with Crippen molar-refractivity contribution in [3.05, 3.63) is 12.2 Å². The molecule has 2 unspecified atom stereocenters. The van der Waals surface area contributed by atoms with E-state index in [1.807, 2.05) is 0 Å². The number of morpholine rings is 1. The van der Waals surface area contributed by atoms with Crippen LogP contribution in [-0.4, -0.2) is 44.3 Å². The van der Waals surface area contributed by atoms with Gasteiger partial charge in [-0.15, -0.1) is 0 Å². The van der Waals surface area contributed by atoms with E-state index in [9.17, 15) is 0 Å². The smallest absolute Gasteiger partial charge is 0.191 e. The van der Waals surface area contributed by atoms with Gasteiger partial charge in [-0.1, -0.05) is 6.08 Å². The number of ether oxygens (including phenoxy) is 3. The molecule has 0 aromatic rings. The van der Waals surface area contributed by atoms with Gasteiger partial charge in [0, 0.05) is 13.1 Å². The van der Waals surface area contributed by atoms with Crippen molar-refractivity contribution < 1.29 is 14.2 Å². The summed E-state index contributed by atoms with van der Waals surface area (Å²) >= 11 is 0. The lowest BCUT2D eigenvalue weighted by molar-refractivity contribution is -0.194. The van der Waals surface area contributed by atoms with Crippen LogP contribution in [-0.2, 0) is 14.2 Å². The van der Waals surface area contributed by atoms with E-state index in [2.05, 4.69) is 17.5 Å². The summed E-state index contributed by atoms with van der Waals surface area (Å²) in [4.78, 5) is 0. The molecule has 4 nitrogen and oxygen atoms in total. The summed E-state index contributed by atoms with van der Waals surface area (Å²) in [6.45, 7) is 3.03. The fraction of sp³-hybridized carbons (Fsp3) is 0.778. The van der Waals surface area contributed by atoms with Crippen molar-refractivity contribution in [1.82, 2.24) is 5.32 Å². The summed E-state index contributed by atoms with van der Waals surface area (Å²) in [6.07, 6.45) is 4.14. The number of fused-ring (bicyclic) bond motifs is 2. The molecule has 0 aromatic heterocycles. The van der Waals surface area contributed by atoms with Crippen LogP contribution in [0.5, 0.6) is 0 Å². The third-order valence-corrected chi connectivity index (χ3v) is 2.73. The average Bonchev–Trinajstić information content (AvgIpc) is 2.75. The highest BCUT2D eigenvalue weighted by atomic mass is 16.7. The van der Waals surface area contributed by atoms with Gasteiger partial charge in [0.05, 0.1) is 19.3 Å². The van der Waals surface area contributed by atoms with Crippen molar-refractivity contribution >= 4 is 0 Å². The summed E-state index contributed by atoms with van der Waals surface area (Å²) < 4.78 is 16.8. The van der Waals surface area contributed by atoms with E-state index >= 15 is 0 Å². The largest absolute Gasteiger partial charge is 0.356 e. The molecule has 2 atom stereocenters. The van der Waals surface area contributed by atoms with Crippen molar-refractivity contribution in [2.45, 2.75) is 18.0 Å². The van der Waals surface area contributed by atoms with Gasteiger partial charge in [0.2, 0.25) is 0 Å². The minimum Gasteiger partial charge on any atom is -0.356 e. The lowest BCUT2D eigenvalue weighted by Gasteiger charge is -2.36. The second-order valence-corrected chi connectivity index (χ2v) is 3.67. The highest BCUT2D eigenvalue weighted by Gasteiger charge is 2.48. The molecule has 0 amide bonds. The van der Waals surface area contributed by atoms with E-state index in [-0.39, 0.29) is 18.0 Å². The number of hydrogen-bond donors (Lipinski definition) is 1. The Balaban J connectivity index is 1.83. The maximum atomic E-state index is 5.85. The third-order valence-electron chi connectivity index (χ3n) is 2.73. The Morgan fingerprint density at radius 1 is 1.31 bits per heavy atom. The average molecular weight is 183 g/mol. The molecule has 72 valence electrons. The quantitative estimate of drug-likeness (QED) is 0.564. The van der Waals surface area contributed by atoms with Crippen molar-refractivity contribution in [3.63, 3.8) is 0 Å². The first kappa shape index (κ1) is 7.94. The molecule has 2 saturated heterocycles. The Labute approximate surface area is 76.8 Å². The second-order valence-electron chi connectivity index (χ2n) is 3.67. The Hall–Kier alpha value is -0.420. The van der Waals surface area contributed by atoms with Gasteiger partial charge in [-0.3, -0.25) is 0 Å². The van der Waals surface area contributed by atoms with E-state index in [0.29, 0.717) is 13.2 Å². The Kier molecular flexibility index (Phi) is 1.70. The molecule has 1 N–H and O–H groups in total. The van der Waals surface area contributed by atoms with Crippen LogP contribution in [0.1, 0.15) is 0 Å². The summed E-state index contributed by atoms with van der Waals surface area (Å²) in [6, 6.07) is 0. The summed E-state index contributed by atoms with van der Waals surface area (Å²) in [5, 5.41) is 3.32. The Bertz CT molecular complexity index is 237. The lowest BCUT2D eigenvalue weighted by atomic mass is 10.0. The van der Waals surface area contributed by atoms with E-state index in [1.165, 1.54) is 0 Å². The fourth-order valence-corrected chi connectivity index (χ4v) is 2.11. The van der Waals surface area contributed by atoms with Crippen LogP contribution in [0.15, 0.2) is 12.2 Å². The van der Waals surface area contributed by atoms with Gasteiger partial charge < -0.3 is 19.5 Å². The molecular formula is C9H13NO3. The van der Waals surface area contributed by atoms with Crippen LogP contribution in [0.3, 0.4) is 0 Å². The van der Waals surface area contributed by atoms with Crippen LogP contribution in [0.4, 0.5) is 0 Å². The van der Waals surface area contributed by atoms with Gasteiger partial charge in [0.25, 0.3) is 0 Å². The normalized spacial score (nSPS) is 44.5. The van der Waals surface area contributed by atoms with Gasteiger partial charge in [-0.25, -0.2) is 0 Å². The van der Waals surface area contributed by atoms with Crippen molar-refractivity contribution in [2.75, 3.05) is 26.3 Å². The molecule has 0 spiro atoms. The number of nitrogens with one attached hydrogen (secondary N) is 1. The minimum absolute atomic E-state index is 0.196. The Morgan fingerprint density at radius 2 is 2.15 bits per heavy atom. The molecule has 3 aliphatic rings. The topological polar surface area (TPSA) is 39.7 Å². The summed E-state index contributed by atoms with van der Waals surface area (Å²) in [5.41, 5.74) is -0.362. The monoisotopic (exact) mass is 183 g/mol. The van der Waals surface area contributed by atoms with Gasteiger partial charge in [-0.2, -0.15) is 0 Å². The van der Waals surface area contributed by atoms with Gasteiger partial charge in [0.1, 0.15) is 0 Å². The molecule has 0 radical (unpaired) electrons. The fourth-order valence-electron chi connectivity index (χ4n) is 2.11. The van der Waals surface area contributed by atoms with Gasteiger partial charge >= 0.3 is 0 Å². The molecule has 3 aliphatic heterocycles. The first-order chi connectivity index (χ1) is 6.39. The Morgan fingerprint density at radius 3 is 3.00 bits per heavy atom. The van der Waals surface area contributed by atoms with Crippen LogP contribution in [0, 0.1) is 0 Å². The van der Waals surface area contributed by atoms with Gasteiger partial charge in [0.15, 0.2) is 11.9 Å². The van der Waals surface area contributed by atoms with Crippen LogP contribution in [0.25, 0.3) is 0 Å². The molecule has 4 heteroatoms. The maximum Gasteiger partial charge on any atom is 0.191 e. The molecule has 3 heterocycles. The maximum absolute atomic E-state index is 5.85. The van der Waals surface area contributed by atoms with E-state index in [1.54, 1.807) is 0 Å². The first-order valence-electron chi connectivity index (χ1n) is 4.70. The van der Waals surface area contributed by atoms with Crippen LogP contribution >= 0.6 is 0 Å². The first-order valence-corrected chi connectivity index (χ1v) is 4.70.